The van der Waals surface area contributed by atoms with Crippen LogP contribution in [0, 0.1) is 12.7 Å². The zero-order valence-corrected chi connectivity index (χ0v) is 10.6. The highest BCUT2D eigenvalue weighted by Crippen LogP contribution is 2.07. The van der Waals surface area contributed by atoms with Crippen molar-refractivity contribution in [1.82, 2.24) is 5.32 Å². The number of rotatable bonds is 5. The largest absolute Gasteiger partial charge is 0.312 e. The Morgan fingerprint density at radius 3 is 2.44 bits per heavy atom. The number of aryl methyl sites for hydroxylation is 1. The van der Waals surface area contributed by atoms with Crippen LogP contribution in [0.25, 0.3) is 0 Å². The Hall–Kier alpha value is -1.67. The lowest BCUT2D eigenvalue weighted by Crippen LogP contribution is -2.17. The molecule has 0 amide bonds. The van der Waals surface area contributed by atoms with E-state index in [4.69, 9.17) is 0 Å². The molecule has 0 aliphatic heterocycles. The Balaban J connectivity index is 1.76. The molecule has 2 heteroatoms. The number of benzene rings is 2. The first-order valence-electron chi connectivity index (χ1n) is 6.25. The standard InChI is InChI=1S/C16H18FN/c1-13-4-2-3-5-15(13)10-11-18-12-14-6-8-16(17)9-7-14/h2-9,18H,10-12H2,1H3. The van der Waals surface area contributed by atoms with Crippen LogP contribution in [-0.4, -0.2) is 6.54 Å². The third-order valence-electron chi connectivity index (χ3n) is 3.07. The lowest BCUT2D eigenvalue weighted by Gasteiger charge is -2.07. The molecule has 0 atom stereocenters. The molecule has 0 unspecified atom stereocenters. The summed E-state index contributed by atoms with van der Waals surface area (Å²) >= 11 is 0. The molecular formula is C16H18FN. The van der Waals surface area contributed by atoms with Crippen molar-refractivity contribution in [3.05, 3.63) is 71.0 Å². The van der Waals surface area contributed by atoms with E-state index in [0.717, 1.165) is 25.1 Å². The van der Waals surface area contributed by atoms with Gasteiger partial charge in [-0.1, -0.05) is 36.4 Å². The Labute approximate surface area is 108 Å². The van der Waals surface area contributed by atoms with Gasteiger partial charge in [-0.3, -0.25) is 0 Å². The predicted octanol–water partition coefficient (Wildman–Crippen LogP) is 3.47. The maximum absolute atomic E-state index is 12.7. The van der Waals surface area contributed by atoms with Crippen LogP contribution < -0.4 is 5.32 Å². The van der Waals surface area contributed by atoms with Crippen LogP contribution >= 0.6 is 0 Å². The van der Waals surface area contributed by atoms with E-state index in [1.54, 1.807) is 0 Å². The van der Waals surface area contributed by atoms with Crippen LogP contribution in [-0.2, 0) is 13.0 Å². The Bertz CT molecular complexity index is 491. The van der Waals surface area contributed by atoms with Gasteiger partial charge >= 0.3 is 0 Å². The minimum absolute atomic E-state index is 0.182. The van der Waals surface area contributed by atoms with E-state index < -0.39 is 0 Å². The predicted molar refractivity (Wildman–Crippen MR) is 73.0 cm³/mol. The highest BCUT2D eigenvalue weighted by atomic mass is 19.1. The SMILES string of the molecule is Cc1ccccc1CCNCc1ccc(F)cc1. The summed E-state index contributed by atoms with van der Waals surface area (Å²) in [5, 5.41) is 3.37. The molecule has 0 aliphatic rings. The molecular weight excluding hydrogens is 225 g/mol. The lowest BCUT2D eigenvalue weighted by molar-refractivity contribution is 0.625. The summed E-state index contributed by atoms with van der Waals surface area (Å²) in [6.45, 7) is 3.85. The third-order valence-corrected chi connectivity index (χ3v) is 3.07. The maximum Gasteiger partial charge on any atom is 0.123 e. The first-order chi connectivity index (χ1) is 8.75. The van der Waals surface area contributed by atoms with Crippen LogP contribution in [0.3, 0.4) is 0 Å². The van der Waals surface area contributed by atoms with Crippen LogP contribution in [0.5, 0.6) is 0 Å². The van der Waals surface area contributed by atoms with Crippen molar-refractivity contribution in [2.24, 2.45) is 0 Å². The molecule has 0 aliphatic carbocycles. The van der Waals surface area contributed by atoms with E-state index in [9.17, 15) is 4.39 Å². The lowest BCUT2D eigenvalue weighted by atomic mass is 10.1. The van der Waals surface area contributed by atoms with E-state index in [0.29, 0.717) is 0 Å². The average molecular weight is 243 g/mol. The molecule has 2 aromatic rings. The zero-order valence-electron chi connectivity index (χ0n) is 10.6. The molecule has 0 heterocycles. The molecule has 18 heavy (non-hydrogen) atoms. The second-order valence-electron chi connectivity index (χ2n) is 4.48. The van der Waals surface area contributed by atoms with Gasteiger partial charge in [0.25, 0.3) is 0 Å². The molecule has 0 saturated carbocycles. The highest BCUT2D eigenvalue weighted by Gasteiger charge is 1.97. The molecule has 1 nitrogen and oxygen atoms in total. The summed E-state index contributed by atoms with van der Waals surface area (Å²) in [6.07, 6.45) is 1.02. The average Bonchev–Trinajstić information content (AvgIpc) is 2.39. The summed E-state index contributed by atoms with van der Waals surface area (Å²) in [5.74, 6) is -0.182. The topological polar surface area (TPSA) is 12.0 Å². The Morgan fingerprint density at radius 1 is 1.00 bits per heavy atom. The van der Waals surface area contributed by atoms with Gasteiger partial charge in [-0.15, -0.1) is 0 Å². The smallest absolute Gasteiger partial charge is 0.123 e. The molecule has 0 bridgehead atoms. The molecule has 0 saturated heterocycles. The summed E-state index contributed by atoms with van der Waals surface area (Å²) < 4.78 is 12.7. The quantitative estimate of drug-likeness (QED) is 0.793. The van der Waals surface area contributed by atoms with Crippen molar-refractivity contribution in [3.8, 4) is 0 Å². The van der Waals surface area contributed by atoms with Gasteiger partial charge in [-0.2, -0.15) is 0 Å². The number of hydrogen-bond acceptors (Lipinski definition) is 1. The van der Waals surface area contributed by atoms with Gasteiger partial charge in [0.2, 0.25) is 0 Å². The summed E-state index contributed by atoms with van der Waals surface area (Å²) in [6, 6.07) is 15.1. The molecule has 0 radical (unpaired) electrons. The van der Waals surface area contributed by atoms with Crippen LogP contribution in [0.15, 0.2) is 48.5 Å². The molecule has 1 N–H and O–H groups in total. The van der Waals surface area contributed by atoms with Crippen molar-refractivity contribution in [2.75, 3.05) is 6.54 Å². The van der Waals surface area contributed by atoms with Crippen LogP contribution in [0.1, 0.15) is 16.7 Å². The van der Waals surface area contributed by atoms with E-state index in [-0.39, 0.29) is 5.82 Å². The van der Waals surface area contributed by atoms with Crippen molar-refractivity contribution in [1.29, 1.82) is 0 Å². The number of hydrogen-bond donors (Lipinski definition) is 1. The fourth-order valence-corrected chi connectivity index (χ4v) is 1.95. The minimum Gasteiger partial charge on any atom is -0.312 e. The van der Waals surface area contributed by atoms with Gasteiger partial charge in [0.05, 0.1) is 0 Å². The van der Waals surface area contributed by atoms with Gasteiger partial charge in [0, 0.05) is 6.54 Å². The third kappa shape index (κ3) is 3.67. The van der Waals surface area contributed by atoms with Gasteiger partial charge in [-0.25, -0.2) is 4.39 Å². The summed E-state index contributed by atoms with van der Waals surface area (Å²) in [4.78, 5) is 0. The second-order valence-corrected chi connectivity index (χ2v) is 4.48. The molecule has 94 valence electrons. The normalized spacial score (nSPS) is 10.6. The maximum atomic E-state index is 12.7. The number of halogens is 1. The van der Waals surface area contributed by atoms with Crippen molar-refractivity contribution >= 4 is 0 Å². The van der Waals surface area contributed by atoms with Gasteiger partial charge in [0.15, 0.2) is 0 Å². The van der Waals surface area contributed by atoms with Gasteiger partial charge < -0.3 is 5.32 Å². The summed E-state index contributed by atoms with van der Waals surface area (Å²) in [5.41, 5.74) is 3.83. The zero-order chi connectivity index (χ0) is 12.8. The van der Waals surface area contributed by atoms with E-state index in [2.05, 4.69) is 36.5 Å². The van der Waals surface area contributed by atoms with Gasteiger partial charge in [0.1, 0.15) is 5.82 Å². The highest BCUT2D eigenvalue weighted by molar-refractivity contribution is 5.25. The molecule has 0 spiro atoms. The fraction of sp³-hybridized carbons (Fsp3) is 0.250. The molecule has 0 aromatic heterocycles. The van der Waals surface area contributed by atoms with E-state index >= 15 is 0 Å². The van der Waals surface area contributed by atoms with Crippen LogP contribution in [0.4, 0.5) is 4.39 Å². The van der Waals surface area contributed by atoms with E-state index in [1.807, 2.05) is 12.1 Å². The Morgan fingerprint density at radius 2 is 1.72 bits per heavy atom. The number of nitrogens with one attached hydrogen (secondary N) is 1. The second kappa shape index (κ2) is 6.31. The first-order valence-corrected chi connectivity index (χ1v) is 6.25. The monoisotopic (exact) mass is 243 g/mol. The molecule has 0 fully saturated rings. The van der Waals surface area contributed by atoms with Crippen molar-refractivity contribution in [3.63, 3.8) is 0 Å². The van der Waals surface area contributed by atoms with E-state index in [1.165, 1.54) is 23.3 Å². The molecule has 2 rings (SSSR count). The Kier molecular flexibility index (Phi) is 4.48. The van der Waals surface area contributed by atoms with Crippen molar-refractivity contribution in [2.45, 2.75) is 19.9 Å². The van der Waals surface area contributed by atoms with Crippen molar-refractivity contribution < 1.29 is 4.39 Å². The molecule has 2 aromatic carbocycles. The fourth-order valence-electron chi connectivity index (χ4n) is 1.95. The first kappa shape index (κ1) is 12.8. The summed E-state index contributed by atoms with van der Waals surface area (Å²) in [7, 11) is 0. The van der Waals surface area contributed by atoms with Gasteiger partial charge in [-0.05, 0) is 48.7 Å². The minimum atomic E-state index is -0.182. The van der Waals surface area contributed by atoms with Crippen LogP contribution in [0.2, 0.25) is 0 Å².